The van der Waals surface area contributed by atoms with Crippen molar-refractivity contribution in [2.24, 2.45) is 10.7 Å². The number of aliphatic imine (C=N–C) groups is 1. The quantitative estimate of drug-likeness (QED) is 0.639. The summed E-state index contributed by atoms with van der Waals surface area (Å²) in [6, 6.07) is 18.1. The zero-order valence-corrected chi connectivity index (χ0v) is 10.4. The Morgan fingerprint density at radius 2 is 1.89 bits per heavy atom. The number of nitrogens with one attached hydrogen (secondary N) is 1. The van der Waals surface area contributed by atoms with Crippen LogP contribution < -0.4 is 11.1 Å². The van der Waals surface area contributed by atoms with Gasteiger partial charge in [-0.05, 0) is 30.2 Å². The van der Waals surface area contributed by atoms with E-state index in [0.29, 0.717) is 12.5 Å². The third-order valence-corrected chi connectivity index (χ3v) is 2.57. The van der Waals surface area contributed by atoms with Gasteiger partial charge in [0, 0.05) is 5.69 Å². The molecular formula is C15H17N3. The van der Waals surface area contributed by atoms with Crippen molar-refractivity contribution in [3.05, 3.63) is 65.7 Å². The minimum absolute atomic E-state index is 0.435. The fourth-order valence-corrected chi connectivity index (χ4v) is 1.67. The molecule has 92 valence electrons. The molecule has 0 radical (unpaired) electrons. The maximum absolute atomic E-state index is 5.84. The smallest absolute Gasteiger partial charge is 0.193 e. The summed E-state index contributed by atoms with van der Waals surface area (Å²) >= 11 is 0. The largest absolute Gasteiger partial charge is 0.370 e. The predicted octanol–water partition coefficient (Wildman–Crippen LogP) is 2.92. The van der Waals surface area contributed by atoms with Crippen molar-refractivity contribution in [1.29, 1.82) is 0 Å². The number of hydrogen-bond donors (Lipinski definition) is 2. The number of aryl methyl sites for hydroxylation is 1. The van der Waals surface area contributed by atoms with Crippen LogP contribution in [0.25, 0.3) is 0 Å². The molecular weight excluding hydrogens is 222 g/mol. The Hall–Kier alpha value is -2.29. The lowest BCUT2D eigenvalue weighted by atomic mass is 10.2. The Labute approximate surface area is 107 Å². The Morgan fingerprint density at radius 3 is 2.61 bits per heavy atom. The first kappa shape index (κ1) is 12.2. The van der Waals surface area contributed by atoms with E-state index in [-0.39, 0.29) is 0 Å². The van der Waals surface area contributed by atoms with E-state index >= 15 is 0 Å². The van der Waals surface area contributed by atoms with Gasteiger partial charge in [0.2, 0.25) is 0 Å². The normalized spacial score (nSPS) is 11.3. The van der Waals surface area contributed by atoms with Crippen LogP contribution in [0.1, 0.15) is 11.1 Å². The Balaban J connectivity index is 1.97. The number of guanidine groups is 1. The molecule has 0 aliphatic rings. The van der Waals surface area contributed by atoms with Gasteiger partial charge < -0.3 is 11.1 Å². The van der Waals surface area contributed by atoms with Crippen LogP contribution in [0.5, 0.6) is 0 Å². The van der Waals surface area contributed by atoms with E-state index < -0.39 is 0 Å². The number of rotatable bonds is 3. The molecule has 0 aliphatic heterocycles. The van der Waals surface area contributed by atoms with Crippen molar-refractivity contribution in [1.82, 2.24) is 0 Å². The van der Waals surface area contributed by atoms with Gasteiger partial charge in [-0.2, -0.15) is 0 Å². The first-order valence-electron chi connectivity index (χ1n) is 5.91. The van der Waals surface area contributed by atoms with Crippen molar-refractivity contribution in [2.45, 2.75) is 13.5 Å². The van der Waals surface area contributed by atoms with E-state index in [1.165, 1.54) is 5.56 Å². The standard InChI is InChI=1S/C15H17N3/c1-12-6-5-9-14(10-12)18-15(16)17-11-13-7-3-2-4-8-13/h2-10H,11H2,1H3,(H3,16,17,18). The molecule has 3 heteroatoms. The topological polar surface area (TPSA) is 50.4 Å². The van der Waals surface area contributed by atoms with Crippen LogP contribution in [0.3, 0.4) is 0 Å². The van der Waals surface area contributed by atoms with Crippen LogP contribution in [0.2, 0.25) is 0 Å². The highest BCUT2D eigenvalue weighted by Gasteiger charge is 1.95. The van der Waals surface area contributed by atoms with E-state index in [2.05, 4.69) is 10.3 Å². The number of hydrogen-bond acceptors (Lipinski definition) is 1. The second-order valence-electron chi connectivity index (χ2n) is 4.18. The molecule has 2 aromatic carbocycles. The van der Waals surface area contributed by atoms with Crippen LogP contribution in [0, 0.1) is 6.92 Å². The summed E-state index contributed by atoms with van der Waals surface area (Å²) in [6.45, 7) is 2.63. The van der Waals surface area contributed by atoms with Gasteiger partial charge in [-0.3, -0.25) is 0 Å². The van der Waals surface area contributed by atoms with Crippen molar-refractivity contribution in [3.8, 4) is 0 Å². The second-order valence-corrected chi connectivity index (χ2v) is 4.18. The number of benzene rings is 2. The molecule has 0 aliphatic carbocycles. The van der Waals surface area contributed by atoms with Gasteiger partial charge in [0.05, 0.1) is 6.54 Å². The molecule has 0 bridgehead atoms. The second kappa shape index (κ2) is 5.87. The number of nitrogens with zero attached hydrogens (tertiary/aromatic N) is 1. The monoisotopic (exact) mass is 239 g/mol. The van der Waals surface area contributed by atoms with E-state index in [1.54, 1.807) is 0 Å². The van der Waals surface area contributed by atoms with Gasteiger partial charge in [0.25, 0.3) is 0 Å². The van der Waals surface area contributed by atoms with Crippen LogP contribution in [-0.2, 0) is 6.54 Å². The summed E-state index contributed by atoms with van der Waals surface area (Å²) in [7, 11) is 0. The molecule has 2 rings (SSSR count). The van der Waals surface area contributed by atoms with Gasteiger partial charge >= 0.3 is 0 Å². The summed E-state index contributed by atoms with van der Waals surface area (Å²) in [4.78, 5) is 4.30. The minimum Gasteiger partial charge on any atom is -0.370 e. The summed E-state index contributed by atoms with van der Waals surface area (Å²) in [5.41, 5.74) is 9.14. The summed E-state index contributed by atoms with van der Waals surface area (Å²) in [5.74, 6) is 0.435. The average molecular weight is 239 g/mol. The summed E-state index contributed by atoms with van der Waals surface area (Å²) < 4.78 is 0. The third kappa shape index (κ3) is 3.63. The molecule has 3 N–H and O–H groups in total. The highest BCUT2D eigenvalue weighted by molar-refractivity contribution is 5.92. The highest BCUT2D eigenvalue weighted by Crippen LogP contribution is 2.09. The maximum atomic E-state index is 5.84. The lowest BCUT2D eigenvalue weighted by molar-refractivity contribution is 1.06. The van der Waals surface area contributed by atoms with Crippen molar-refractivity contribution in [2.75, 3.05) is 5.32 Å². The first-order valence-corrected chi connectivity index (χ1v) is 5.91. The van der Waals surface area contributed by atoms with Crippen molar-refractivity contribution in [3.63, 3.8) is 0 Å². The Morgan fingerprint density at radius 1 is 1.11 bits per heavy atom. The fraction of sp³-hybridized carbons (Fsp3) is 0.133. The summed E-state index contributed by atoms with van der Waals surface area (Å²) in [5, 5.41) is 3.08. The molecule has 0 aromatic heterocycles. The molecule has 0 atom stereocenters. The average Bonchev–Trinajstić information content (AvgIpc) is 2.38. The van der Waals surface area contributed by atoms with E-state index in [1.807, 2.05) is 61.5 Å². The number of anilines is 1. The SMILES string of the molecule is Cc1cccc(NC(N)=NCc2ccccc2)c1. The summed E-state index contributed by atoms with van der Waals surface area (Å²) in [6.07, 6.45) is 0. The Kier molecular flexibility index (Phi) is 3.97. The van der Waals surface area contributed by atoms with Gasteiger partial charge in [-0.25, -0.2) is 4.99 Å². The fourth-order valence-electron chi connectivity index (χ4n) is 1.67. The van der Waals surface area contributed by atoms with Gasteiger partial charge in [0.15, 0.2) is 5.96 Å². The van der Waals surface area contributed by atoms with E-state index in [0.717, 1.165) is 11.3 Å². The Bertz CT molecular complexity index is 532. The van der Waals surface area contributed by atoms with Crippen LogP contribution >= 0.6 is 0 Å². The molecule has 3 nitrogen and oxygen atoms in total. The lowest BCUT2D eigenvalue weighted by Crippen LogP contribution is -2.22. The van der Waals surface area contributed by atoms with E-state index in [4.69, 9.17) is 5.73 Å². The zero-order chi connectivity index (χ0) is 12.8. The van der Waals surface area contributed by atoms with Crippen LogP contribution in [0.4, 0.5) is 5.69 Å². The molecule has 2 aromatic rings. The van der Waals surface area contributed by atoms with Crippen LogP contribution in [0.15, 0.2) is 59.6 Å². The minimum atomic E-state index is 0.435. The molecule has 0 saturated carbocycles. The first-order chi connectivity index (χ1) is 8.74. The molecule has 0 spiro atoms. The molecule has 0 heterocycles. The third-order valence-electron chi connectivity index (χ3n) is 2.57. The van der Waals surface area contributed by atoms with Gasteiger partial charge in [-0.15, -0.1) is 0 Å². The molecule has 0 saturated heterocycles. The van der Waals surface area contributed by atoms with E-state index in [9.17, 15) is 0 Å². The molecule has 0 unspecified atom stereocenters. The van der Waals surface area contributed by atoms with Gasteiger partial charge in [0.1, 0.15) is 0 Å². The molecule has 18 heavy (non-hydrogen) atoms. The zero-order valence-electron chi connectivity index (χ0n) is 10.4. The molecule has 0 fully saturated rings. The molecule has 0 amide bonds. The highest BCUT2D eigenvalue weighted by atomic mass is 15.1. The predicted molar refractivity (Wildman–Crippen MR) is 76.6 cm³/mol. The van der Waals surface area contributed by atoms with Gasteiger partial charge in [-0.1, -0.05) is 42.5 Å². The van der Waals surface area contributed by atoms with Crippen LogP contribution in [-0.4, -0.2) is 5.96 Å². The lowest BCUT2D eigenvalue weighted by Gasteiger charge is -2.06. The number of nitrogens with two attached hydrogens (primary N) is 1. The maximum Gasteiger partial charge on any atom is 0.193 e. The van der Waals surface area contributed by atoms with Crippen molar-refractivity contribution < 1.29 is 0 Å². The van der Waals surface area contributed by atoms with Crippen molar-refractivity contribution >= 4 is 11.6 Å².